The van der Waals surface area contributed by atoms with Gasteiger partial charge in [0.05, 0.1) is 11.9 Å². The highest BCUT2D eigenvalue weighted by molar-refractivity contribution is 5.95. The second-order valence-electron chi connectivity index (χ2n) is 5.90. The van der Waals surface area contributed by atoms with Crippen molar-refractivity contribution in [2.75, 3.05) is 11.4 Å². The molecule has 0 radical (unpaired) electrons. The quantitative estimate of drug-likeness (QED) is 0.867. The first kappa shape index (κ1) is 14.8. The van der Waals surface area contributed by atoms with E-state index in [1.807, 2.05) is 6.07 Å². The van der Waals surface area contributed by atoms with Crippen LogP contribution >= 0.6 is 0 Å². The Hall–Kier alpha value is -2.17. The normalized spacial score (nSPS) is 21.2. The van der Waals surface area contributed by atoms with Gasteiger partial charge in [0, 0.05) is 31.6 Å². The molecule has 1 aromatic heterocycles. The topological polar surface area (TPSA) is 62.3 Å². The molecule has 5 nitrogen and oxygen atoms in total. The highest BCUT2D eigenvalue weighted by Gasteiger charge is 2.22. The molecule has 2 heterocycles. The lowest BCUT2D eigenvalue weighted by Gasteiger charge is -2.18. The Bertz CT molecular complexity index is 597. The van der Waals surface area contributed by atoms with Crippen LogP contribution in [0.3, 0.4) is 0 Å². The summed E-state index contributed by atoms with van der Waals surface area (Å²) in [5.74, 6) is 0.338. The Kier molecular flexibility index (Phi) is 4.51. The third kappa shape index (κ3) is 3.35. The fourth-order valence-corrected chi connectivity index (χ4v) is 3.00. The number of nitrogens with one attached hydrogen (secondary N) is 1. The van der Waals surface area contributed by atoms with Gasteiger partial charge < -0.3 is 10.2 Å². The molecule has 0 spiro atoms. The van der Waals surface area contributed by atoms with Gasteiger partial charge in [0.1, 0.15) is 0 Å². The molecule has 116 valence electrons. The number of carbonyl (C=O) groups is 2. The van der Waals surface area contributed by atoms with E-state index in [1.54, 1.807) is 17.3 Å². The zero-order chi connectivity index (χ0) is 15.4. The van der Waals surface area contributed by atoms with Gasteiger partial charge in [-0.3, -0.25) is 14.6 Å². The number of hydrogen-bond acceptors (Lipinski definition) is 3. The summed E-state index contributed by atoms with van der Waals surface area (Å²) in [6, 6.07) is 1.94. The fourth-order valence-electron chi connectivity index (χ4n) is 3.00. The molecule has 1 unspecified atom stereocenters. The molecular formula is C17H21N3O2. The number of allylic oxidation sites excluding steroid dienone is 2. The van der Waals surface area contributed by atoms with E-state index in [2.05, 4.69) is 22.5 Å². The molecule has 3 rings (SSSR count). The van der Waals surface area contributed by atoms with Gasteiger partial charge in [-0.2, -0.15) is 0 Å². The maximum Gasteiger partial charge on any atom is 0.227 e. The number of hydrogen-bond donors (Lipinski definition) is 1. The van der Waals surface area contributed by atoms with Crippen LogP contribution in [0.25, 0.3) is 0 Å². The Morgan fingerprint density at radius 2 is 2.27 bits per heavy atom. The molecular weight excluding hydrogens is 278 g/mol. The van der Waals surface area contributed by atoms with Crippen LogP contribution in [0.15, 0.2) is 30.6 Å². The zero-order valence-corrected chi connectivity index (χ0v) is 12.6. The van der Waals surface area contributed by atoms with Gasteiger partial charge in [0.2, 0.25) is 11.8 Å². The molecule has 1 aliphatic carbocycles. The van der Waals surface area contributed by atoms with Crippen LogP contribution in [0.5, 0.6) is 0 Å². The van der Waals surface area contributed by atoms with Crippen LogP contribution in [0.1, 0.15) is 37.7 Å². The first-order valence-electron chi connectivity index (χ1n) is 7.91. The minimum absolute atomic E-state index is 0.0845. The minimum atomic E-state index is 0.0845. The first-order chi connectivity index (χ1) is 10.7. The Morgan fingerprint density at radius 3 is 3.00 bits per heavy atom. The molecule has 1 saturated heterocycles. The average molecular weight is 299 g/mol. The Morgan fingerprint density at radius 1 is 1.36 bits per heavy atom. The lowest BCUT2D eigenvalue weighted by atomic mass is 9.93. The maximum absolute atomic E-state index is 12.1. The number of carbonyl (C=O) groups excluding carboxylic acids is 2. The molecule has 0 saturated carbocycles. The van der Waals surface area contributed by atoms with Gasteiger partial charge >= 0.3 is 0 Å². The third-order valence-electron chi connectivity index (χ3n) is 4.27. The fraction of sp³-hybridized carbons (Fsp3) is 0.471. The summed E-state index contributed by atoms with van der Waals surface area (Å²) in [7, 11) is 0. The maximum atomic E-state index is 12.1. The van der Waals surface area contributed by atoms with E-state index in [9.17, 15) is 9.59 Å². The Labute approximate surface area is 130 Å². The van der Waals surface area contributed by atoms with E-state index in [0.29, 0.717) is 13.0 Å². The molecule has 1 N–H and O–H groups in total. The molecule has 22 heavy (non-hydrogen) atoms. The largest absolute Gasteiger partial charge is 0.352 e. The molecule has 1 aromatic rings. The molecule has 2 aliphatic rings. The molecule has 5 heteroatoms. The summed E-state index contributed by atoms with van der Waals surface area (Å²) in [6.07, 6.45) is 11.9. The van der Waals surface area contributed by atoms with Crippen LogP contribution in [0, 0.1) is 5.92 Å². The zero-order valence-electron chi connectivity index (χ0n) is 12.6. The van der Waals surface area contributed by atoms with Gasteiger partial charge in [-0.1, -0.05) is 12.2 Å². The van der Waals surface area contributed by atoms with E-state index in [0.717, 1.165) is 43.5 Å². The predicted octanol–water partition coefficient (Wildman–Crippen LogP) is 2.18. The van der Waals surface area contributed by atoms with Crippen LogP contribution in [-0.4, -0.2) is 23.3 Å². The molecule has 1 fully saturated rings. The van der Waals surface area contributed by atoms with E-state index in [1.165, 1.54) is 0 Å². The molecule has 1 aliphatic heterocycles. The van der Waals surface area contributed by atoms with E-state index in [4.69, 9.17) is 0 Å². The summed E-state index contributed by atoms with van der Waals surface area (Å²) in [6.45, 7) is 1.21. The molecule has 1 atom stereocenters. The van der Waals surface area contributed by atoms with Gasteiger partial charge in [-0.05, 0) is 37.3 Å². The second-order valence-corrected chi connectivity index (χ2v) is 5.90. The number of aromatic nitrogens is 1. The SMILES string of the molecule is O=C(NCc1cncc(N2CCCC2=O)c1)C1CC=CCC1. The molecule has 2 amide bonds. The smallest absolute Gasteiger partial charge is 0.227 e. The summed E-state index contributed by atoms with van der Waals surface area (Å²) in [5, 5.41) is 2.98. The first-order valence-corrected chi connectivity index (χ1v) is 7.91. The lowest BCUT2D eigenvalue weighted by molar-refractivity contribution is -0.125. The summed E-state index contributed by atoms with van der Waals surface area (Å²) in [4.78, 5) is 29.9. The van der Waals surface area contributed by atoms with Gasteiger partial charge in [0.15, 0.2) is 0 Å². The monoisotopic (exact) mass is 299 g/mol. The van der Waals surface area contributed by atoms with Crippen LogP contribution in [0.4, 0.5) is 5.69 Å². The van der Waals surface area contributed by atoms with Crippen molar-refractivity contribution in [3.05, 3.63) is 36.2 Å². The number of nitrogens with zero attached hydrogens (tertiary/aromatic N) is 2. The minimum Gasteiger partial charge on any atom is -0.352 e. The predicted molar refractivity (Wildman–Crippen MR) is 84.2 cm³/mol. The van der Waals surface area contributed by atoms with Gasteiger partial charge in [-0.25, -0.2) is 0 Å². The van der Waals surface area contributed by atoms with Crippen molar-refractivity contribution < 1.29 is 9.59 Å². The van der Waals surface area contributed by atoms with Gasteiger partial charge in [-0.15, -0.1) is 0 Å². The summed E-state index contributed by atoms with van der Waals surface area (Å²) >= 11 is 0. The van der Waals surface area contributed by atoms with E-state index >= 15 is 0 Å². The van der Waals surface area contributed by atoms with E-state index < -0.39 is 0 Å². The Balaban J connectivity index is 1.59. The van der Waals surface area contributed by atoms with Crippen molar-refractivity contribution in [3.8, 4) is 0 Å². The van der Waals surface area contributed by atoms with E-state index in [-0.39, 0.29) is 17.7 Å². The van der Waals surface area contributed by atoms with Crippen LogP contribution < -0.4 is 10.2 Å². The van der Waals surface area contributed by atoms with Crippen molar-refractivity contribution in [2.24, 2.45) is 5.92 Å². The van der Waals surface area contributed by atoms with Crippen LogP contribution in [-0.2, 0) is 16.1 Å². The van der Waals surface area contributed by atoms with Crippen molar-refractivity contribution in [2.45, 2.75) is 38.6 Å². The number of anilines is 1. The van der Waals surface area contributed by atoms with Crippen molar-refractivity contribution >= 4 is 17.5 Å². The van der Waals surface area contributed by atoms with Gasteiger partial charge in [0.25, 0.3) is 0 Å². The highest BCUT2D eigenvalue weighted by atomic mass is 16.2. The van der Waals surface area contributed by atoms with Crippen molar-refractivity contribution in [1.29, 1.82) is 0 Å². The molecule has 0 bridgehead atoms. The molecule has 0 aromatic carbocycles. The third-order valence-corrected chi connectivity index (χ3v) is 4.27. The number of amides is 2. The highest BCUT2D eigenvalue weighted by Crippen LogP contribution is 2.21. The average Bonchev–Trinajstić information content (AvgIpc) is 3.00. The lowest BCUT2D eigenvalue weighted by Crippen LogP contribution is -2.31. The summed E-state index contributed by atoms with van der Waals surface area (Å²) in [5.41, 5.74) is 1.76. The number of rotatable bonds is 4. The number of pyridine rings is 1. The standard InChI is InChI=1S/C17H21N3O2/c21-16-7-4-8-20(16)15-9-13(10-18-12-15)11-19-17(22)14-5-2-1-3-6-14/h1-2,9-10,12,14H,3-8,11H2,(H,19,22). The second kappa shape index (κ2) is 6.73. The summed E-state index contributed by atoms with van der Waals surface area (Å²) < 4.78 is 0. The van der Waals surface area contributed by atoms with Crippen molar-refractivity contribution in [3.63, 3.8) is 0 Å². The van der Waals surface area contributed by atoms with Crippen LogP contribution in [0.2, 0.25) is 0 Å². The van der Waals surface area contributed by atoms with Crippen molar-refractivity contribution in [1.82, 2.24) is 10.3 Å².